The Morgan fingerprint density at radius 3 is 2.22 bits per heavy atom. The normalized spacial score (nSPS) is 13.8. The molecule has 220 valence electrons. The van der Waals surface area contributed by atoms with Crippen LogP contribution in [0.5, 0.6) is 11.6 Å². The SMILES string of the molecule is CCN(CC)c1ccc(C2c3c(c4ccccc4oc3=O)Oc3ncn4nc(-c5ccc(-c6ccccc6)cc5)nc4c32)cc1. The molecule has 0 saturated carbocycles. The molecule has 0 N–H and O–H groups in total. The zero-order valence-electron chi connectivity index (χ0n) is 24.8. The summed E-state index contributed by atoms with van der Waals surface area (Å²) in [4.78, 5) is 25.7. The van der Waals surface area contributed by atoms with Gasteiger partial charge in [0.1, 0.15) is 11.9 Å². The number of ether oxygens (including phenoxy) is 1. The van der Waals surface area contributed by atoms with E-state index in [9.17, 15) is 4.79 Å². The quantitative estimate of drug-likeness (QED) is 0.183. The average Bonchev–Trinajstić information content (AvgIpc) is 3.54. The van der Waals surface area contributed by atoms with E-state index in [1.807, 2.05) is 48.5 Å². The highest BCUT2D eigenvalue weighted by Gasteiger charge is 2.37. The molecule has 8 nitrogen and oxygen atoms in total. The minimum absolute atomic E-state index is 0.391. The zero-order valence-corrected chi connectivity index (χ0v) is 24.8. The van der Waals surface area contributed by atoms with Gasteiger partial charge >= 0.3 is 5.63 Å². The van der Waals surface area contributed by atoms with E-state index in [1.165, 1.54) is 0 Å². The second kappa shape index (κ2) is 10.7. The van der Waals surface area contributed by atoms with Crippen LogP contribution in [0.4, 0.5) is 5.69 Å². The van der Waals surface area contributed by atoms with Gasteiger partial charge in [-0.2, -0.15) is 0 Å². The zero-order chi connectivity index (χ0) is 30.5. The first-order chi connectivity index (χ1) is 22.1. The van der Waals surface area contributed by atoms with Crippen molar-refractivity contribution in [3.63, 3.8) is 0 Å². The van der Waals surface area contributed by atoms with Crippen LogP contribution in [-0.4, -0.2) is 32.7 Å². The molecule has 4 heterocycles. The Morgan fingerprint density at radius 1 is 0.778 bits per heavy atom. The molecule has 1 aliphatic heterocycles. The van der Waals surface area contributed by atoms with Gasteiger partial charge in [-0.3, -0.25) is 0 Å². The molecule has 45 heavy (non-hydrogen) atoms. The van der Waals surface area contributed by atoms with Crippen molar-refractivity contribution in [1.29, 1.82) is 0 Å². The maximum Gasteiger partial charge on any atom is 0.344 e. The first-order valence-corrected chi connectivity index (χ1v) is 15.1. The topological polar surface area (TPSA) is 85.8 Å². The van der Waals surface area contributed by atoms with Crippen LogP contribution in [-0.2, 0) is 0 Å². The highest BCUT2D eigenvalue weighted by Crippen LogP contribution is 2.49. The Balaban J connectivity index is 1.30. The van der Waals surface area contributed by atoms with Gasteiger partial charge in [0.2, 0.25) is 5.88 Å². The fraction of sp³-hybridized carbons (Fsp3) is 0.135. The Kier molecular flexibility index (Phi) is 6.41. The second-order valence-corrected chi connectivity index (χ2v) is 11.0. The Morgan fingerprint density at radius 2 is 1.47 bits per heavy atom. The lowest BCUT2D eigenvalue weighted by atomic mass is 9.84. The van der Waals surface area contributed by atoms with Gasteiger partial charge in [0.25, 0.3) is 0 Å². The summed E-state index contributed by atoms with van der Waals surface area (Å²) in [5.74, 6) is 0.864. The van der Waals surface area contributed by atoms with Crippen molar-refractivity contribution >= 4 is 22.3 Å². The third-order valence-electron chi connectivity index (χ3n) is 8.57. The van der Waals surface area contributed by atoms with E-state index < -0.39 is 11.5 Å². The summed E-state index contributed by atoms with van der Waals surface area (Å²) in [5, 5.41) is 5.50. The summed E-state index contributed by atoms with van der Waals surface area (Å²) in [6.07, 6.45) is 1.61. The van der Waals surface area contributed by atoms with Gasteiger partial charge < -0.3 is 14.1 Å². The number of fused-ring (bicyclic) bond motifs is 6. The van der Waals surface area contributed by atoms with Crippen LogP contribution in [0.25, 0.3) is 39.1 Å². The van der Waals surface area contributed by atoms with Gasteiger partial charge in [-0.1, -0.05) is 78.9 Å². The average molecular weight is 592 g/mol. The van der Waals surface area contributed by atoms with Crippen LogP contribution < -0.4 is 15.3 Å². The number of hydrogen-bond donors (Lipinski definition) is 0. The van der Waals surface area contributed by atoms with Gasteiger partial charge in [-0.25, -0.2) is 19.3 Å². The van der Waals surface area contributed by atoms with E-state index in [-0.39, 0.29) is 0 Å². The molecule has 0 spiro atoms. The van der Waals surface area contributed by atoms with Gasteiger partial charge in [0.05, 0.1) is 22.4 Å². The van der Waals surface area contributed by atoms with Crippen molar-refractivity contribution in [3.8, 4) is 34.1 Å². The number of rotatable bonds is 6. The largest absolute Gasteiger partial charge is 0.437 e. The molecule has 1 unspecified atom stereocenters. The van der Waals surface area contributed by atoms with Crippen LogP contribution in [0.3, 0.4) is 0 Å². The highest BCUT2D eigenvalue weighted by atomic mass is 16.5. The molecule has 4 aromatic carbocycles. The fourth-order valence-electron chi connectivity index (χ4n) is 6.29. The Hall–Kier alpha value is -5.76. The number of para-hydroxylation sites is 1. The first kappa shape index (κ1) is 26.8. The maximum absolute atomic E-state index is 13.7. The van der Waals surface area contributed by atoms with Crippen molar-refractivity contribution in [2.75, 3.05) is 18.0 Å². The summed E-state index contributed by atoms with van der Waals surface area (Å²) in [7, 11) is 0. The number of hydrogen-bond acceptors (Lipinski definition) is 7. The highest BCUT2D eigenvalue weighted by molar-refractivity contribution is 5.87. The van der Waals surface area contributed by atoms with Gasteiger partial charge in [-0.05, 0) is 54.8 Å². The van der Waals surface area contributed by atoms with Crippen LogP contribution in [0.2, 0.25) is 0 Å². The molecule has 8 rings (SSSR count). The minimum atomic E-state index is -0.538. The lowest BCUT2D eigenvalue weighted by Crippen LogP contribution is -2.23. The molecule has 0 radical (unpaired) electrons. The molecule has 3 aromatic heterocycles. The summed E-state index contributed by atoms with van der Waals surface area (Å²) in [6, 6.07) is 34.1. The van der Waals surface area contributed by atoms with Crippen molar-refractivity contribution in [2.45, 2.75) is 19.8 Å². The summed E-state index contributed by atoms with van der Waals surface area (Å²) in [6.45, 7) is 6.07. The van der Waals surface area contributed by atoms with Gasteiger partial charge in [-0.15, -0.1) is 5.10 Å². The lowest BCUT2D eigenvalue weighted by Gasteiger charge is -2.28. The summed E-state index contributed by atoms with van der Waals surface area (Å²) >= 11 is 0. The van der Waals surface area contributed by atoms with Gasteiger partial charge in [0.15, 0.2) is 17.2 Å². The molecule has 0 aliphatic carbocycles. The summed E-state index contributed by atoms with van der Waals surface area (Å²) < 4.78 is 14.0. The minimum Gasteiger partial charge on any atom is -0.437 e. The molecular formula is C37H29N5O3. The molecule has 8 heteroatoms. The van der Waals surface area contributed by atoms with Gasteiger partial charge in [0, 0.05) is 24.3 Å². The van der Waals surface area contributed by atoms with E-state index in [0.717, 1.165) is 41.0 Å². The first-order valence-electron chi connectivity index (χ1n) is 15.1. The number of anilines is 1. The number of aromatic nitrogens is 4. The molecule has 1 aliphatic rings. The van der Waals surface area contributed by atoms with E-state index >= 15 is 0 Å². The van der Waals surface area contributed by atoms with Crippen LogP contribution in [0.1, 0.15) is 36.5 Å². The van der Waals surface area contributed by atoms with Crippen LogP contribution in [0, 0.1) is 0 Å². The monoisotopic (exact) mass is 591 g/mol. The number of benzene rings is 4. The fourth-order valence-corrected chi connectivity index (χ4v) is 6.29. The van der Waals surface area contributed by atoms with E-state index in [4.69, 9.17) is 19.2 Å². The third kappa shape index (κ3) is 4.45. The Labute approximate surface area is 259 Å². The maximum atomic E-state index is 13.7. The molecule has 7 aromatic rings. The van der Waals surface area contributed by atoms with E-state index in [2.05, 4.69) is 72.3 Å². The second-order valence-electron chi connectivity index (χ2n) is 11.0. The van der Waals surface area contributed by atoms with E-state index in [1.54, 1.807) is 16.9 Å². The van der Waals surface area contributed by atoms with Crippen LogP contribution >= 0.6 is 0 Å². The smallest absolute Gasteiger partial charge is 0.344 e. The molecular weight excluding hydrogens is 562 g/mol. The molecule has 0 saturated heterocycles. The Bertz CT molecular complexity index is 2240. The van der Waals surface area contributed by atoms with Crippen molar-refractivity contribution in [3.05, 3.63) is 137 Å². The summed E-state index contributed by atoms with van der Waals surface area (Å²) in [5.41, 5.74) is 6.81. The predicted octanol–water partition coefficient (Wildman–Crippen LogP) is 7.70. The molecule has 0 fully saturated rings. The third-order valence-corrected chi connectivity index (χ3v) is 8.57. The van der Waals surface area contributed by atoms with Crippen molar-refractivity contribution < 1.29 is 9.15 Å². The predicted molar refractivity (Wildman–Crippen MR) is 175 cm³/mol. The lowest BCUT2D eigenvalue weighted by molar-refractivity contribution is 0.422. The molecule has 1 atom stereocenters. The molecule has 0 amide bonds. The number of nitrogens with zero attached hydrogens (tertiary/aromatic N) is 5. The van der Waals surface area contributed by atoms with Crippen molar-refractivity contribution in [2.24, 2.45) is 0 Å². The standard InChI is InChI=1S/C37H29N5O3/c1-3-41(4-2)27-20-18-25(19-21-27)30-31-33(28-12-8-9-13-29(28)44-37(31)43)45-36-32(30)35-39-34(40-42(35)22-38-36)26-16-14-24(15-17-26)23-10-6-5-7-11-23/h5-22,30H,3-4H2,1-2H3. The van der Waals surface area contributed by atoms with E-state index in [0.29, 0.717) is 45.2 Å². The van der Waals surface area contributed by atoms with Crippen LogP contribution in [0.15, 0.2) is 119 Å². The van der Waals surface area contributed by atoms with Crippen molar-refractivity contribution in [1.82, 2.24) is 19.6 Å². The molecule has 0 bridgehead atoms.